The molecule has 0 aliphatic carbocycles. The number of nitrogens with zero attached hydrogens (tertiary/aromatic N) is 2. The van der Waals surface area contributed by atoms with Gasteiger partial charge in [-0.1, -0.05) is 12.1 Å². The molecule has 0 radical (unpaired) electrons. The number of benzene rings is 1. The van der Waals surface area contributed by atoms with Crippen LogP contribution in [-0.2, 0) is 20.9 Å². The highest BCUT2D eigenvalue weighted by molar-refractivity contribution is 6.27. The fourth-order valence-electron chi connectivity index (χ4n) is 3.23. The number of morpholine rings is 1. The molecule has 0 amide bonds. The molecule has 2 heterocycles. The Hall–Kier alpha value is -2.03. The minimum atomic E-state index is -1.82. The summed E-state index contributed by atoms with van der Waals surface area (Å²) in [5, 5.41) is 14.8. The van der Waals surface area contributed by atoms with E-state index >= 15 is 0 Å². The lowest BCUT2D eigenvalue weighted by Gasteiger charge is -2.40. The molecular weight excluding hydrogens is 343 g/mol. The number of rotatable bonds is 3. The van der Waals surface area contributed by atoms with Crippen LogP contribution in [0.4, 0.5) is 4.39 Å². The van der Waals surface area contributed by atoms with Crippen molar-refractivity contribution in [3.8, 4) is 0 Å². The van der Waals surface area contributed by atoms with E-state index in [1.165, 1.54) is 18.4 Å². The van der Waals surface area contributed by atoms with Gasteiger partial charge in [-0.05, 0) is 43.6 Å². The Labute approximate surface area is 152 Å². The Balaban J connectivity index is 0.000000352. The first kappa shape index (κ1) is 20.3. The van der Waals surface area contributed by atoms with Crippen molar-refractivity contribution in [2.24, 2.45) is 0 Å². The molecular formula is C18H25FN2O5. The van der Waals surface area contributed by atoms with Crippen LogP contribution in [0.1, 0.15) is 18.4 Å². The highest BCUT2D eigenvalue weighted by atomic mass is 19.1. The monoisotopic (exact) mass is 368 g/mol. The van der Waals surface area contributed by atoms with Gasteiger partial charge in [0.2, 0.25) is 0 Å². The van der Waals surface area contributed by atoms with E-state index in [1.807, 2.05) is 12.1 Å². The first-order chi connectivity index (χ1) is 12.5. The first-order valence-electron chi connectivity index (χ1n) is 8.70. The summed E-state index contributed by atoms with van der Waals surface area (Å²) in [4.78, 5) is 23.3. The van der Waals surface area contributed by atoms with Gasteiger partial charge in [0, 0.05) is 25.7 Å². The fourth-order valence-corrected chi connectivity index (χ4v) is 3.23. The highest BCUT2D eigenvalue weighted by Crippen LogP contribution is 2.19. The average molecular weight is 368 g/mol. The number of hydrogen-bond acceptors (Lipinski definition) is 5. The molecule has 2 fully saturated rings. The molecule has 1 aromatic carbocycles. The molecule has 3 rings (SSSR count). The summed E-state index contributed by atoms with van der Waals surface area (Å²) in [5.74, 6) is -3.80. The SMILES string of the molecule is Fc1ccc(CN2CCC(N3CCOCC3)CC2)cc1.O=C(O)C(=O)O. The van der Waals surface area contributed by atoms with Crippen molar-refractivity contribution >= 4 is 11.9 Å². The summed E-state index contributed by atoms with van der Waals surface area (Å²) in [5.41, 5.74) is 1.20. The maximum atomic E-state index is 12.9. The normalized spacial score (nSPS) is 19.4. The fraction of sp³-hybridized carbons (Fsp3) is 0.556. The maximum absolute atomic E-state index is 12.9. The van der Waals surface area contributed by atoms with Gasteiger partial charge in [0.1, 0.15) is 5.82 Å². The largest absolute Gasteiger partial charge is 0.473 e. The molecule has 0 aromatic heterocycles. The van der Waals surface area contributed by atoms with E-state index in [4.69, 9.17) is 24.5 Å². The van der Waals surface area contributed by atoms with Crippen LogP contribution in [-0.4, -0.2) is 77.4 Å². The van der Waals surface area contributed by atoms with Crippen LogP contribution in [0.2, 0.25) is 0 Å². The number of hydrogen-bond donors (Lipinski definition) is 2. The zero-order valence-electron chi connectivity index (χ0n) is 14.6. The van der Waals surface area contributed by atoms with Gasteiger partial charge < -0.3 is 14.9 Å². The zero-order chi connectivity index (χ0) is 18.9. The maximum Gasteiger partial charge on any atom is 0.414 e. The van der Waals surface area contributed by atoms with Crippen molar-refractivity contribution in [1.82, 2.24) is 9.80 Å². The second-order valence-corrected chi connectivity index (χ2v) is 6.39. The number of halogens is 1. The first-order valence-corrected chi connectivity index (χ1v) is 8.70. The second-order valence-electron chi connectivity index (χ2n) is 6.39. The lowest BCUT2D eigenvalue weighted by atomic mass is 10.0. The van der Waals surface area contributed by atoms with Gasteiger partial charge in [0.05, 0.1) is 13.2 Å². The minimum absolute atomic E-state index is 0.153. The van der Waals surface area contributed by atoms with E-state index in [2.05, 4.69) is 9.80 Å². The summed E-state index contributed by atoms with van der Waals surface area (Å²) in [6.45, 7) is 7.16. The van der Waals surface area contributed by atoms with Gasteiger partial charge >= 0.3 is 11.9 Å². The smallest absolute Gasteiger partial charge is 0.414 e. The van der Waals surface area contributed by atoms with Crippen LogP contribution in [0.3, 0.4) is 0 Å². The molecule has 2 N–H and O–H groups in total. The molecule has 8 heteroatoms. The molecule has 0 unspecified atom stereocenters. The lowest BCUT2D eigenvalue weighted by Crippen LogP contribution is -2.48. The molecule has 144 valence electrons. The van der Waals surface area contributed by atoms with Crippen LogP contribution >= 0.6 is 0 Å². The minimum Gasteiger partial charge on any atom is -0.473 e. The second kappa shape index (κ2) is 10.2. The zero-order valence-corrected chi connectivity index (χ0v) is 14.6. The third kappa shape index (κ3) is 6.70. The Morgan fingerprint density at radius 1 is 1.00 bits per heavy atom. The Kier molecular flexibility index (Phi) is 7.96. The molecule has 1 aromatic rings. The number of likely N-dealkylation sites (tertiary alicyclic amines) is 1. The third-order valence-corrected chi connectivity index (χ3v) is 4.62. The molecule has 0 bridgehead atoms. The highest BCUT2D eigenvalue weighted by Gasteiger charge is 2.25. The molecule has 0 spiro atoms. The van der Waals surface area contributed by atoms with Crippen LogP contribution < -0.4 is 0 Å². The van der Waals surface area contributed by atoms with Crippen molar-refractivity contribution in [3.63, 3.8) is 0 Å². The Morgan fingerprint density at radius 2 is 1.54 bits per heavy atom. The van der Waals surface area contributed by atoms with E-state index in [0.717, 1.165) is 52.0 Å². The summed E-state index contributed by atoms with van der Waals surface area (Å²) in [7, 11) is 0. The molecule has 7 nitrogen and oxygen atoms in total. The molecule has 26 heavy (non-hydrogen) atoms. The number of aliphatic carboxylic acids is 2. The van der Waals surface area contributed by atoms with E-state index in [0.29, 0.717) is 0 Å². The van der Waals surface area contributed by atoms with E-state index in [1.54, 1.807) is 12.1 Å². The van der Waals surface area contributed by atoms with Crippen LogP contribution in [0.15, 0.2) is 24.3 Å². The number of piperidine rings is 1. The van der Waals surface area contributed by atoms with Crippen LogP contribution in [0.5, 0.6) is 0 Å². The summed E-state index contributed by atoms with van der Waals surface area (Å²) >= 11 is 0. The van der Waals surface area contributed by atoms with Gasteiger partial charge in [0.15, 0.2) is 0 Å². The summed E-state index contributed by atoms with van der Waals surface area (Å²) in [6.07, 6.45) is 2.47. The standard InChI is InChI=1S/C16H23FN2O.C2H2O4/c17-15-3-1-14(2-4-15)13-18-7-5-16(6-8-18)19-9-11-20-12-10-19;3-1(4)2(5)6/h1-4,16H,5-13H2;(H,3,4)(H,5,6). The molecule has 0 saturated carbocycles. The number of ether oxygens (including phenoxy) is 1. The van der Waals surface area contributed by atoms with Crippen molar-refractivity contribution in [2.75, 3.05) is 39.4 Å². The summed E-state index contributed by atoms with van der Waals surface area (Å²) in [6, 6.07) is 7.61. The third-order valence-electron chi connectivity index (χ3n) is 4.62. The predicted octanol–water partition coefficient (Wildman–Crippen LogP) is 1.28. The average Bonchev–Trinajstić information content (AvgIpc) is 2.65. The number of carbonyl (C=O) groups is 2. The van der Waals surface area contributed by atoms with Gasteiger partial charge in [-0.2, -0.15) is 0 Å². The molecule has 2 aliphatic heterocycles. The summed E-state index contributed by atoms with van der Waals surface area (Å²) < 4.78 is 18.3. The lowest BCUT2D eigenvalue weighted by molar-refractivity contribution is -0.159. The van der Waals surface area contributed by atoms with Crippen LogP contribution in [0.25, 0.3) is 0 Å². The van der Waals surface area contributed by atoms with E-state index in [9.17, 15) is 4.39 Å². The van der Waals surface area contributed by atoms with Gasteiger partial charge in [-0.3, -0.25) is 9.80 Å². The molecule has 0 atom stereocenters. The van der Waals surface area contributed by atoms with Crippen molar-refractivity contribution < 1.29 is 28.9 Å². The van der Waals surface area contributed by atoms with Crippen molar-refractivity contribution in [1.29, 1.82) is 0 Å². The van der Waals surface area contributed by atoms with E-state index in [-0.39, 0.29) is 5.82 Å². The molecule has 2 saturated heterocycles. The topological polar surface area (TPSA) is 90.3 Å². The van der Waals surface area contributed by atoms with Crippen molar-refractivity contribution in [2.45, 2.75) is 25.4 Å². The number of carboxylic acid groups (broad SMARTS) is 2. The quantitative estimate of drug-likeness (QED) is 0.777. The van der Waals surface area contributed by atoms with E-state index < -0.39 is 11.9 Å². The molecule has 2 aliphatic rings. The van der Waals surface area contributed by atoms with Gasteiger partial charge in [-0.25, -0.2) is 14.0 Å². The Bertz CT molecular complexity index is 570. The predicted molar refractivity (Wildman–Crippen MR) is 92.4 cm³/mol. The van der Waals surface area contributed by atoms with Gasteiger partial charge in [0.25, 0.3) is 0 Å². The van der Waals surface area contributed by atoms with Gasteiger partial charge in [-0.15, -0.1) is 0 Å². The van der Waals surface area contributed by atoms with Crippen molar-refractivity contribution in [3.05, 3.63) is 35.6 Å². The van der Waals surface area contributed by atoms with Crippen LogP contribution in [0, 0.1) is 5.82 Å². The Morgan fingerprint density at radius 3 is 2.04 bits per heavy atom. The number of carboxylic acids is 2.